The highest BCUT2D eigenvalue weighted by Gasteiger charge is 2.23. The predicted molar refractivity (Wildman–Crippen MR) is 95.8 cm³/mol. The second-order valence-electron chi connectivity index (χ2n) is 5.48. The fourth-order valence-corrected chi connectivity index (χ4v) is 2.65. The monoisotopic (exact) mass is 372 g/mol. The number of fused-ring (bicyclic) bond motifs is 1. The van der Waals surface area contributed by atoms with E-state index < -0.39 is 16.7 Å². The van der Waals surface area contributed by atoms with Gasteiger partial charge in [0.05, 0.1) is 10.4 Å². The van der Waals surface area contributed by atoms with Crippen LogP contribution in [0, 0.1) is 10.1 Å². The molecule has 0 aliphatic rings. The van der Waals surface area contributed by atoms with E-state index in [1.165, 1.54) is 24.3 Å². The maximum atomic E-state index is 12.8. The van der Waals surface area contributed by atoms with Crippen molar-refractivity contribution in [3.05, 3.63) is 68.9 Å². The maximum absolute atomic E-state index is 12.8. The minimum Gasteiger partial charge on any atom is -0.423 e. The van der Waals surface area contributed by atoms with Gasteiger partial charge in [-0.05, 0) is 30.3 Å². The number of hydrogen-bond acceptors (Lipinski definition) is 5. The first-order valence-corrected chi connectivity index (χ1v) is 8.09. The molecule has 0 saturated carbocycles. The van der Waals surface area contributed by atoms with Crippen molar-refractivity contribution >= 4 is 39.9 Å². The van der Waals surface area contributed by atoms with Gasteiger partial charge in [-0.25, -0.2) is 0 Å². The van der Waals surface area contributed by atoms with Crippen LogP contribution in [0.15, 0.2) is 42.5 Å². The lowest BCUT2D eigenvalue weighted by Crippen LogP contribution is -2.10. The van der Waals surface area contributed by atoms with E-state index in [2.05, 4.69) is 4.98 Å². The lowest BCUT2D eigenvalue weighted by atomic mass is 10.1. The maximum Gasteiger partial charge on any atom is 0.310 e. The summed E-state index contributed by atoms with van der Waals surface area (Å²) in [5, 5.41) is 11.8. The topological polar surface area (TPSA) is 102 Å². The molecule has 0 bridgehead atoms. The van der Waals surface area contributed by atoms with E-state index in [-0.39, 0.29) is 29.1 Å². The number of rotatable bonds is 5. The van der Waals surface area contributed by atoms with Crippen LogP contribution in [-0.4, -0.2) is 21.7 Å². The van der Waals surface area contributed by atoms with Crippen molar-refractivity contribution in [1.82, 2.24) is 4.98 Å². The van der Waals surface area contributed by atoms with Gasteiger partial charge >= 0.3 is 5.97 Å². The van der Waals surface area contributed by atoms with Crippen molar-refractivity contribution in [1.29, 1.82) is 0 Å². The van der Waals surface area contributed by atoms with Gasteiger partial charge in [0.1, 0.15) is 5.69 Å². The first-order chi connectivity index (χ1) is 12.4. The third kappa shape index (κ3) is 3.29. The van der Waals surface area contributed by atoms with Gasteiger partial charge in [-0.2, -0.15) is 0 Å². The Labute approximate surface area is 152 Å². The number of carbonyl (C=O) groups excluding carboxylic acids is 2. The average molecular weight is 373 g/mol. The highest BCUT2D eigenvalue weighted by Crippen LogP contribution is 2.33. The number of aromatic amines is 1. The standard InChI is InChI=1S/C18H13ClN2O5/c1-2-15(22)26-18-13-8-5-11(19)9-14(13)20-16(18)17(23)10-3-6-12(7-4-10)21(24)25/h3-9,20H,2H2,1H3. The molecule has 0 unspecified atom stereocenters. The van der Waals surface area contributed by atoms with Crippen molar-refractivity contribution in [2.45, 2.75) is 13.3 Å². The van der Waals surface area contributed by atoms with Crippen LogP contribution in [0.3, 0.4) is 0 Å². The summed E-state index contributed by atoms with van der Waals surface area (Å²) in [6.45, 7) is 1.64. The van der Waals surface area contributed by atoms with Crippen LogP contribution in [0.2, 0.25) is 5.02 Å². The Morgan fingerprint density at radius 1 is 1.19 bits per heavy atom. The van der Waals surface area contributed by atoms with E-state index in [0.717, 1.165) is 0 Å². The molecule has 3 rings (SSSR count). The number of nitrogens with one attached hydrogen (secondary N) is 1. The molecule has 132 valence electrons. The molecule has 7 nitrogen and oxygen atoms in total. The summed E-state index contributed by atoms with van der Waals surface area (Å²) in [6, 6.07) is 10.1. The summed E-state index contributed by atoms with van der Waals surface area (Å²) in [7, 11) is 0. The molecular weight excluding hydrogens is 360 g/mol. The predicted octanol–water partition coefficient (Wildman–Crippen LogP) is 4.28. The second-order valence-corrected chi connectivity index (χ2v) is 5.92. The summed E-state index contributed by atoms with van der Waals surface area (Å²) in [4.78, 5) is 37.8. The number of nitro benzene ring substituents is 1. The van der Waals surface area contributed by atoms with Gasteiger partial charge in [0.15, 0.2) is 5.75 Å². The molecule has 0 atom stereocenters. The van der Waals surface area contributed by atoms with E-state index in [1.807, 2.05) is 0 Å². The second kappa shape index (κ2) is 6.97. The molecule has 0 aliphatic carbocycles. The number of nitro groups is 1. The van der Waals surface area contributed by atoms with E-state index >= 15 is 0 Å². The lowest BCUT2D eigenvalue weighted by Gasteiger charge is -2.05. The minimum atomic E-state index is -0.548. The molecule has 3 aromatic rings. The number of ketones is 1. The fourth-order valence-electron chi connectivity index (χ4n) is 2.47. The summed E-state index contributed by atoms with van der Waals surface area (Å²) in [5.41, 5.74) is 0.726. The first kappa shape index (κ1) is 17.6. The molecule has 26 heavy (non-hydrogen) atoms. The Morgan fingerprint density at radius 2 is 1.88 bits per heavy atom. The summed E-state index contributed by atoms with van der Waals surface area (Å²) in [5.74, 6) is -0.823. The summed E-state index contributed by atoms with van der Waals surface area (Å²) < 4.78 is 5.35. The van der Waals surface area contributed by atoms with Crippen LogP contribution in [0.25, 0.3) is 10.9 Å². The molecule has 0 amide bonds. The number of ether oxygens (including phenoxy) is 1. The quantitative estimate of drug-likeness (QED) is 0.312. The van der Waals surface area contributed by atoms with E-state index in [0.29, 0.717) is 15.9 Å². The van der Waals surface area contributed by atoms with Crippen molar-refractivity contribution in [2.24, 2.45) is 0 Å². The summed E-state index contributed by atoms with van der Waals surface area (Å²) in [6.07, 6.45) is 0.144. The van der Waals surface area contributed by atoms with Crippen molar-refractivity contribution in [3.63, 3.8) is 0 Å². The van der Waals surface area contributed by atoms with Crippen LogP contribution >= 0.6 is 11.6 Å². The van der Waals surface area contributed by atoms with Crippen LogP contribution in [-0.2, 0) is 4.79 Å². The molecular formula is C18H13ClN2O5. The van der Waals surface area contributed by atoms with Crippen LogP contribution < -0.4 is 4.74 Å². The largest absolute Gasteiger partial charge is 0.423 e. The smallest absolute Gasteiger partial charge is 0.310 e. The number of non-ortho nitro benzene ring substituents is 1. The summed E-state index contributed by atoms with van der Waals surface area (Å²) >= 11 is 5.98. The highest BCUT2D eigenvalue weighted by atomic mass is 35.5. The Hall–Kier alpha value is -3.19. The third-order valence-corrected chi connectivity index (χ3v) is 4.02. The number of halogens is 1. The number of benzene rings is 2. The molecule has 0 aliphatic heterocycles. The highest BCUT2D eigenvalue weighted by molar-refractivity contribution is 6.31. The van der Waals surface area contributed by atoms with Crippen molar-refractivity contribution < 1.29 is 19.2 Å². The zero-order chi connectivity index (χ0) is 18.8. The molecule has 1 heterocycles. The zero-order valence-corrected chi connectivity index (χ0v) is 14.4. The average Bonchev–Trinajstić information content (AvgIpc) is 2.98. The molecule has 1 aromatic heterocycles. The molecule has 8 heteroatoms. The third-order valence-electron chi connectivity index (χ3n) is 3.78. The van der Waals surface area contributed by atoms with Gasteiger partial charge in [-0.15, -0.1) is 0 Å². The van der Waals surface area contributed by atoms with Gasteiger partial charge < -0.3 is 9.72 Å². The molecule has 2 aromatic carbocycles. The van der Waals surface area contributed by atoms with E-state index in [1.54, 1.807) is 25.1 Å². The number of carbonyl (C=O) groups is 2. The number of esters is 1. The molecule has 0 saturated heterocycles. The molecule has 0 spiro atoms. The minimum absolute atomic E-state index is 0.0814. The molecule has 1 N–H and O–H groups in total. The van der Waals surface area contributed by atoms with E-state index in [4.69, 9.17) is 16.3 Å². The SMILES string of the molecule is CCC(=O)Oc1c(C(=O)c2ccc([N+](=O)[O-])cc2)[nH]c2cc(Cl)ccc12. The van der Waals surface area contributed by atoms with Gasteiger partial charge in [-0.1, -0.05) is 18.5 Å². The van der Waals surface area contributed by atoms with Crippen molar-refractivity contribution in [2.75, 3.05) is 0 Å². The van der Waals surface area contributed by atoms with Gasteiger partial charge in [0.25, 0.3) is 5.69 Å². The van der Waals surface area contributed by atoms with Crippen LogP contribution in [0.5, 0.6) is 5.75 Å². The van der Waals surface area contributed by atoms with Gasteiger partial charge in [0.2, 0.25) is 5.78 Å². The number of aromatic nitrogens is 1. The first-order valence-electron chi connectivity index (χ1n) is 7.71. The Balaban J connectivity index is 2.10. The zero-order valence-electron chi connectivity index (χ0n) is 13.6. The fraction of sp³-hybridized carbons (Fsp3) is 0.111. The Morgan fingerprint density at radius 3 is 2.50 bits per heavy atom. The lowest BCUT2D eigenvalue weighted by molar-refractivity contribution is -0.384. The normalized spacial score (nSPS) is 10.7. The van der Waals surface area contributed by atoms with Gasteiger partial charge in [0, 0.05) is 34.5 Å². The number of hydrogen-bond donors (Lipinski definition) is 1. The van der Waals surface area contributed by atoms with Crippen molar-refractivity contribution in [3.8, 4) is 5.75 Å². The van der Waals surface area contributed by atoms with Crippen LogP contribution in [0.4, 0.5) is 5.69 Å². The van der Waals surface area contributed by atoms with E-state index in [9.17, 15) is 19.7 Å². The molecule has 0 radical (unpaired) electrons. The van der Waals surface area contributed by atoms with Gasteiger partial charge in [-0.3, -0.25) is 19.7 Å². The molecule has 0 fully saturated rings. The Bertz CT molecular complexity index is 1020. The number of H-pyrrole nitrogens is 1. The Kier molecular flexibility index (Phi) is 4.73. The van der Waals surface area contributed by atoms with Crippen LogP contribution in [0.1, 0.15) is 29.4 Å². The number of nitrogens with zero attached hydrogens (tertiary/aromatic N) is 1.